The predicted octanol–water partition coefficient (Wildman–Crippen LogP) is 5.17. The summed E-state index contributed by atoms with van der Waals surface area (Å²) in [4.78, 5) is 16.6. The fourth-order valence-electron chi connectivity index (χ4n) is 4.94. The zero-order valence-corrected chi connectivity index (χ0v) is 16.0. The summed E-state index contributed by atoms with van der Waals surface area (Å²) in [6, 6.07) is 3.60. The fraction of sp³-hybridized carbons (Fsp3) is 0.545. The van der Waals surface area contributed by atoms with Crippen LogP contribution in [0.1, 0.15) is 63.7 Å². The van der Waals surface area contributed by atoms with Crippen molar-refractivity contribution < 1.29 is 18.0 Å². The van der Waals surface area contributed by atoms with Gasteiger partial charge < -0.3 is 9.73 Å². The molecule has 1 amide bonds. The normalized spacial score (nSPS) is 21.1. The van der Waals surface area contributed by atoms with Crippen LogP contribution in [0.5, 0.6) is 0 Å². The van der Waals surface area contributed by atoms with Crippen LogP contribution in [0.25, 0.3) is 11.3 Å². The zero-order chi connectivity index (χ0) is 19.6. The highest BCUT2D eigenvalue weighted by Gasteiger charge is 2.43. The summed E-state index contributed by atoms with van der Waals surface area (Å²) in [6.07, 6.45) is 11.8. The first-order valence-corrected chi connectivity index (χ1v) is 10.3. The topological polar surface area (TPSA) is 55.1 Å². The van der Waals surface area contributed by atoms with E-state index in [1.807, 2.05) is 0 Å². The first-order chi connectivity index (χ1) is 13.6. The molecule has 1 N–H and O–H groups in total. The van der Waals surface area contributed by atoms with E-state index in [2.05, 4.69) is 10.3 Å². The Balaban J connectivity index is 1.34. The molecule has 4 nitrogen and oxygen atoms in total. The van der Waals surface area contributed by atoms with Gasteiger partial charge in [-0.25, -0.2) is 13.8 Å². The fourth-order valence-corrected chi connectivity index (χ4v) is 4.94. The third-order valence-corrected chi connectivity index (χ3v) is 6.41. The summed E-state index contributed by atoms with van der Waals surface area (Å²) in [5, 5.41) is 3.27. The lowest BCUT2D eigenvalue weighted by molar-refractivity contribution is -0.123. The number of aryl methyl sites for hydroxylation is 1. The molecule has 28 heavy (non-hydrogen) atoms. The molecular weight excluding hydrogens is 362 g/mol. The van der Waals surface area contributed by atoms with Crippen molar-refractivity contribution in [1.29, 1.82) is 0 Å². The Kier molecular flexibility index (Phi) is 5.47. The van der Waals surface area contributed by atoms with Gasteiger partial charge in [0.25, 0.3) is 0 Å². The van der Waals surface area contributed by atoms with Gasteiger partial charge >= 0.3 is 0 Å². The number of carbonyl (C=O) groups is 1. The molecule has 4 rings (SSSR count). The third-order valence-electron chi connectivity index (χ3n) is 6.41. The van der Waals surface area contributed by atoms with Crippen molar-refractivity contribution >= 4 is 5.91 Å². The van der Waals surface area contributed by atoms with Gasteiger partial charge in [0.15, 0.2) is 11.7 Å². The van der Waals surface area contributed by atoms with Crippen LogP contribution in [0, 0.1) is 17.0 Å². The molecule has 1 aromatic carbocycles. The number of hydrogen-bond acceptors (Lipinski definition) is 3. The minimum atomic E-state index is -0.695. The van der Waals surface area contributed by atoms with Gasteiger partial charge in [0.1, 0.15) is 11.6 Å². The van der Waals surface area contributed by atoms with Gasteiger partial charge in [0, 0.05) is 24.9 Å². The molecule has 1 atom stereocenters. The van der Waals surface area contributed by atoms with Gasteiger partial charge in [-0.2, -0.15) is 0 Å². The number of carbonyl (C=O) groups excluding carboxylic acids is 1. The van der Waals surface area contributed by atoms with Crippen molar-refractivity contribution in [3.05, 3.63) is 41.9 Å². The Morgan fingerprint density at radius 1 is 1.18 bits per heavy atom. The van der Waals surface area contributed by atoms with Crippen LogP contribution in [0.15, 0.2) is 28.8 Å². The van der Waals surface area contributed by atoms with Crippen LogP contribution in [0.3, 0.4) is 0 Å². The highest BCUT2D eigenvalue weighted by molar-refractivity contribution is 5.76. The van der Waals surface area contributed by atoms with Crippen molar-refractivity contribution in [2.75, 3.05) is 0 Å². The van der Waals surface area contributed by atoms with E-state index in [0.717, 1.165) is 12.5 Å². The van der Waals surface area contributed by atoms with E-state index >= 15 is 0 Å². The summed E-state index contributed by atoms with van der Waals surface area (Å²) in [7, 11) is 0. The van der Waals surface area contributed by atoms with Crippen LogP contribution < -0.4 is 5.32 Å². The van der Waals surface area contributed by atoms with E-state index in [-0.39, 0.29) is 23.3 Å². The Morgan fingerprint density at radius 2 is 1.93 bits per heavy atom. The summed E-state index contributed by atoms with van der Waals surface area (Å²) in [6.45, 7) is 0. The van der Waals surface area contributed by atoms with E-state index in [4.69, 9.17) is 4.42 Å². The monoisotopic (exact) mass is 388 g/mol. The second kappa shape index (κ2) is 8.02. The van der Waals surface area contributed by atoms with Gasteiger partial charge in [-0.3, -0.25) is 4.79 Å². The number of hydrogen-bond donors (Lipinski definition) is 1. The molecule has 2 fully saturated rings. The second-order valence-corrected chi connectivity index (χ2v) is 8.18. The molecule has 0 aliphatic heterocycles. The Morgan fingerprint density at radius 3 is 2.68 bits per heavy atom. The lowest BCUT2D eigenvalue weighted by Gasteiger charge is -2.42. The summed E-state index contributed by atoms with van der Waals surface area (Å²) < 4.78 is 32.5. The maximum atomic E-state index is 13.9. The average Bonchev–Trinajstić information content (AvgIpc) is 3.32. The number of oxazole rings is 1. The summed E-state index contributed by atoms with van der Waals surface area (Å²) in [5.74, 6) is -0.691. The first kappa shape index (κ1) is 19.1. The quantitative estimate of drug-likeness (QED) is 0.769. The van der Waals surface area contributed by atoms with Crippen molar-refractivity contribution in [2.45, 2.75) is 70.3 Å². The molecule has 2 aliphatic rings. The van der Waals surface area contributed by atoms with Gasteiger partial charge in [-0.15, -0.1) is 0 Å². The smallest absolute Gasteiger partial charge is 0.220 e. The zero-order valence-electron chi connectivity index (χ0n) is 16.0. The van der Waals surface area contributed by atoms with E-state index in [1.54, 1.807) is 0 Å². The Labute approximate surface area is 163 Å². The van der Waals surface area contributed by atoms with Gasteiger partial charge in [-0.05, 0) is 43.2 Å². The largest absolute Gasteiger partial charge is 0.441 e. The van der Waals surface area contributed by atoms with E-state index in [9.17, 15) is 13.6 Å². The first-order valence-electron chi connectivity index (χ1n) is 10.3. The molecule has 2 aromatic rings. The number of benzene rings is 1. The summed E-state index contributed by atoms with van der Waals surface area (Å²) >= 11 is 0. The van der Waals surface area contributed by atoms with Gasteiger partial charge in [0.2, 0.25) is 5.91 Å². The summed E-state index contributed by atoms with van der Waals surface area (Å²) in [5.41, 5.74) is 0.472. The Hall–Kier alpha value is -2.24. The molecule has 0 radical (unpaired) electrons. The van der Waals surface area contributed by atoms with Gasteiger partial charge in [0.05, 0.1) is 11.8 Å². The van der Waals surface area contributed by atoms with Crippen molar-refractivity contribution in [2.24, 2.45) is 5.41 Å². The molecule has 150 valence electrons. The number of rotatable bonds is 5. The molecular formula is C22H26F2N2O2. The number of halogens is 2. The standard InChI is InChI=1S/C22H26F2N2O2/c23-15-6-7-16(17(24)13-15)18-14-25-21(28-18)9-8-20(27)26-19-5-1-2-10-22(19)11-3-4-12-22/h6-7,13-14,19H,1-5,8-12H2,(H,26,27)/t19-/m1/s1. The van der Waals surface area contributed by atoms with Crippen molar-refractivity contribution in [3.8, 4) is 11.3 Å². The minimum Gasteiger partial charge on any atom is -0.441 e. The average molecular weight is 388 g/mol. The molecule has 1 spiro atoms. The lowest BCUT2D eigenvalue weighted by Crippen LogP contribution is -2.48. The van der Waals surface area contributed by atoms with Crippen LogP contribution in [0.4, 0.5) is 8.78 Å². The van der Waals surface area contributed by atoms with E-state index < -0.39 is 11.6 Å². The van der Waals surface area contributed by atoms with Crippen molar-refractivity contribution in [1.82, 2.24) is 10.3 Å². The van der Waals surface area contributed by atoms with Crippen LogP contribution in [0.2, 0.25) is 0 Å². The van der Waals surface area contributed by atoms with E-state index in [1.165, 1.54) is 63.3 Å². The second-order valence-electron chi connectivity index (χ2n) is 8.18. The van der Waals surface area contributed by atoms with Gasteiger partial charge in [-0.1, -0.05) is 25.7 Å². The van der Waals surface area contributed by atoms with Crippen LogP contribution in [-0.2, 0) is 11.2 Å². The molecule has 0 saturated heterocycles. The predicted molar refractivity (Wildman–Crippen MR) is 101 cm³/mol. The van der Waals surface area contributed by atoms with Crippen LogP contribution in [-0.4, -0.2) is 16.9 Å². The lowest BCUT2D eigenvalue weighted by atomic mass is 9.69. The number of aromatic nitrogens is 1. The highest BCUT2D eigenvalue weighted by atomic mass is 19.1. The highest BCUT2D eigenvalue weighted by Crippen LogP contribution is 2.49. The molecule has 6 heteroatoms. The number of amides is 1. The number of nitrogens with one attached hydrogen (secondary N) is 1. The molecule has 2 aliphatic carbocycles. The minimum absolute atomic E-state index is 0.0193. The van der Waals surface area contributed by atoms with Crippen molar-refractivity contribution in [3.63, 3.8) is 0 Å². The van der Waals surface area contributed by atoms with E-state index in [0.29, 0.717) is 24.1 Å². The van der Waals surface area contributed by atoms with Crippen LogP contribution >= 0.6 is 0 Å². The molecule has 0 bridgehead atoms. The molecule has 0 unspecified atom stereocenters. The SMILES string of the molecule is O=C(CCc1ncc(-c2ccc(F)cc2F)o1)N[C@@H]1CCCCC12CCCC2. The third kappa shape index (κ3) is 3.96. The number of nitrogens with zero attached hydrogens (tertiary/aromatic N) is 1. The maximum Gasteiger partial charge on any atom is 0.220 e. The maximum absolute atomic E-state index is 13.9. The molecule has 1 heterocycles. The molecule has 1 aromatic heterocycles. The Bertz CT molecular complexity index is 843. The molecule has 2 saturated carbocycles.